The molecule has 0 bridgehead atoms. The zero-order valence-corrected chi connectivity index (χ0v) is 20.4. The highest BCUT2D eigenvalue weighted by atomic mass is 16.5. The van der Waals surface area contributed by atoms with E-state index in [4.69, 9.17) is 9.72 Å². The van der Waals surface area contributed by atoms with E-state index in [1.165, 1.54) is 18.2 Å². The van der Waals surface area contributed by atoms with Crippen LogP contribution >= 0.6 is 0 Å². The van der Waals surface area contributed by atoms with E-state index in [1.807, 2.05) is 36.4 Å². The van der Waals surface area contributed by atoms with Crippen LogP contribution in [0.1, 0.15) is 11.1 Å². The summed E-state index contributed by atoms with van der Waals surface area (Å²) in [4.78, 5) is 22.5. The maximum atomic E-state index is 12.6. The molecule has 8 heteroatoms. The number of aryl methyl sites for hydroxylation is 1. The van der Waals surface area contributed by atoms with Crippen LogP contribution < -0.4 is 26.8 Å². The number of ether oxygens (including phenoxy) is 1. The molecule has 1 fully saturated rings. The topological polar surface area (TPSA) is 108 Å². The van der Waals surface area contributed by atoms with E-state index < -0.39 is 0 Å². The lowest BCUT2D eigenvalue weighted by Crippen LogP contribution is -2.36. The molecule has 2 aromatic heterocycles. The van der Waals surface area contributed by atoms with Crippen molar-refractivity contribution in [3.63, 3.8) is 0 Å². The van der Waals surface area contributed by atoms with Crippen LogP contribution in [0.25, 0.3) is 10.8 Å². The number of hydrogen-bond donors (Lipinski definition) is 4. The minimum absolute atomic E-state index is 0.175. The molecule has 5 rings (SSSR count). The predicted molar refractivity (Wildman–Crippen MR) is 144 cm³/mol. The zero-order valence-electron chi connectivity index (χ0n) is 20.4. The Morgan fingerprint density at radius 3 is 2.49 bits per heavy atom. The first-order valence-corrected chi connectivity index (χ1v) is 11.7. The Kier molecular flexibility index (Phi) is 7.64. The summed E-state index contributed by atoms with van der Waals surface area (Å²) in [6, 6.07) is 18.1. The van der Waals surface area contributed by atoms with Crippen molar-refractivity contribution in [3.8, 4) is 0 Å². The number of aromatic nitrogens is 2. The summed E-state index contributed by atoms with van der Waals surface area (Å²) >= 11 is 0. The van der Waals surface area contributed by atoms with Crippen molar-refractivity contribution in [2.24, 2.45) is 5.73 Å². The van der Waals surface area contributed by atoms with Gasteiger partial charge in [-0.25, -0.2) is 4.98 Å². The van der Waals surface area contributed by atoms with Crippen molar-refractivity contribution in [2.45, 2.75) is 13.8 Å². The van der Waals surface area contributed by atoms with E-state index in [0.717, 1.165) is 48.8 Å². The molecule has 0 saturated carbocycles. The Labute approximate surface area is 205 Å². The fourth-order valence-corrected chi connectivity index (χ4v) is 4.11. The molecule has 0 unspecified atom stereocenters. The van der Waals surface area contributed by atoms with Gasteiger partial charge in [-0.1, -0.05) is 12.1 Å². The molecule has 5 N–H and O–H groups in total. The summed E-state index contributed by atoms with van der Waals surface area (Å²) in [6.07, 6.45) is 1.66. The molecular weight excluding hydrogens is 440 g/mol. The normalized spacial score (nSPS) is 13.2. The number of aromatic amines is 1. The first kappa shape index (κ1) is 24.3. The molecule has 0 radical (unpaired) electrons. The lowest BCUT2D eigenvalue weighted by Gasteiger charge is -2.28. The van der Waals surface area contributed by atoms with Crippen LogP contribution in [0.3, 0.4) is 0 Å². The van der Waals surface area contributed by atoms with Gasteiger partial charge in [0.2, 0.25) is 0 Å². The van der Waals surface area contributed by atoms with E-state index in [1.54, 1.807) is 6.20 Å². The Morgan fingerprint density at radius 1 is 1.00 bits per heavy atom. The third-order valence-electron chi connectivity index (χ3n) is 6.13. The SMILES string of the molecule is CN.Cc1cccc(Nc2cc3cc[nH]c(=O)c3c(Nc3ccc(N4CCOCC4)cc3)n2)c1C. The smallest absolute Gasteiger partial charge is 0.259 e. The Balaban J connectivity index is 0.00000141. The van der Waals surface area contributed by atoms with Crippen molar-refractivity contribution in [1.29, 1.82) is 0 Å². The minimum Gasteiger partial charge on any atom is -0.378 e. The number of anilines is 5. The number of benzene rings is 2. The molecule has 35 heavy (non-hydrogen) atoms. The minimum atomic E-state index is -0.175. The Morgan fingerprint density at radius 2 is 1.74 bits per heavy atom. The number of hydrogen-bond acceptors (Lipinski definition) is 7. The van der Waals surface area contributed by atoms with E-state index in [-0.39, 0.29) is 5.56 Å². The van der Waals surface area contributed by atoms with Crippen LogP contribution in [0.4, 0.5) is 28.7 Å². The summed E-state index contributed by atoms with van der Waals surface area (Å²) in [5.74, 6) is 1.19. The van der Waals surface area contributed by atoms with Gasteiger partial charge in [0.25, 0.3) is 5.56 Å². The van der Waals surface area contributed by atoms with Crippen molar-refractivity contribution in [2.75, 3.05) is 48.9 Å². The average molecular weight is 473 g/mol. The zero-order chi connectivity index (χ0) is 24.8. The molecule has 182 valence electrons. The maximum absolute atomic E-state index is 12.6. The fourth-order valence-electron chi connectivity index (χ4n) is 4.11. The highest BCUT2D eigenvalue weighted by Gasteiger charge is 2.13. The standard InChI is InChI=1S/C26H27N5O2.CH5N/c1-17-4-3-5-22(18(17)2)29-23-16-19-10-11-27-26(32)24(19)25(30-23)28-20-6-8-21(9-7-20)31-12-14-33-15-13-31;1-2/h3-11,16H,12-15H2,1-2H3,(H,27,32)(H2,28,29,30);2H2,1H3. The van der Waals surface area contributed by atoms with E-state index in [0.29, 0.717) is 17.0 Å². The van der Waals surface area contributed by atoms with Crippen LogP contribution in [0.15, 0.2) is 65.6 Å². The molecule has 2 aromatic carbocycles. The monoisotopic (exact) mass is 472 g/mol. The molecule has 8 nitrogen and oxygen atoms in total. The van der Waals surface area contributed by atoms with Crippen LogP contribution in [0.2, 0.25) is 0 Å². The quantitative estimate of drug-likeness (QED) is 0.340. The van der Waals surface area contributed by atoms with Crippen molar-refractivity contribution in [1.82, 2.24) is 9.97 Å². The Bertz CT molecular complexity index is 1340. The van der Waals surface area contributed by atoms with Gasteiger partial charge in [-0.3, -0.25) is 4.79 Å². The molecule has 0 atom stereocenters. The first-order chi connectivity index (χ1) is 17.1. The van der Waals surface area contributed by atoms with E-state index >= 15 is 0 Å². The molecular formula is C27H32N6O2. The first-order valence-electron chi connectivity index (χ1n) is 11.7. The van der Waals surface area contributed by atoms with E-state index in [2.05, 4.69) is 58.3 Å². The van der Waals surface area contributed by atoms with Crippen molar-refractivity contribution in [3.05, 3.63) is 82.3 Å². The number of morpholine rings is 1. The van der Waals surface area contributed by atoms with E-state index in [9.17, 15) is 4.79 Å². The molecule has 4 aromatic rings. The van der Waals surface area contributed by atoms with Crippen LogP contribution in [-0.4, -0.2) is 43.3 Å². The second-order valence-corrected chi connectivity index (χ2v) is 8.27. The van der Waals surface area contributed by atoms with Gasteiger partial charge in [0, 0.05) is 36.3 Å². The van der Waals surface area contributed by atoms with Gasteiger partial charge in [-0.2, -0.15) is 0 Å². The number of nitrogens with one attached hydrogen (secondary N) is 3. The molecule has 0 amide bonds. The summed E-state index contributed by atoms with van der Waals surface area (Å²) in [7, 11) is 1.50. The van der Waals surface area contributed by atoms with Crippen molar-refractivity contribution >= 4 is 39.5 Å². The molecule has 0 aliphatic carbocycles. The molecule has 0 spiro atoms. The number of rotatable bonds is 5. The molecule has 3 heterocycles. The summed E-state index contributed by atoms with van der Waals surface area (Å²) in [5.41, 5.74) is 9.71. The van der Waals surface area contributed by atoms with Gasteiger partial charge in [0.1, 0.15) is 11.6 Å². The highest BCUT2D eigenvalue weighted by Crippen LogP contribution is 2.29. The maximum Gasteiger partial charge on any atom is 0.259 e. The van der Waals surface area contributed by atoms with Gasteiger partial charge in [0.05, 0.1) is 18.6 Å². The van der Waals surface area contributed by atoms with Gasteiger partial charge in [0.15, 0.2) is 0 Å². The number of nitrogens with two attached hydrogens (primary N) is 1. The molecule has 1 aliphatic rings. The number of fused-ring (bicyclic) bond motifs is 1. The fraction of sp³-hybridized carbons (Fsp3) is 0.259. The second kappa shape index (κ2) is 11.0. The van der Waals surface area contributed by atoms with Gasteiger partial charge < -0.3 is 31.0 Å². The molecule has 1 aliphatic heterocycles. The Hall–Kier alpha value is -3.88. The highest BCUT2D eigenvalue weighted by molar-refractivity contribution is 5.94. The van der Waals surface area contributed by atoms with Gasteiger partial charge >= 0.3 is 0 Å². The molecule has 1 saturated heterocycles. The predicted octanol–water partition coefficient (Wildman–Crippen LogP) is 4.44. The lowest BCUT2D eigenvalue weighted by atomic mass is 10.1. The summed E-state index contributed by atoms with van der Waals surface area (Å²) in [6.45, 7) is 7.44. The third kappa shape index (κ3) is 5.45. The van der Waals surface area contributed by atoms with Gasteiger partial charge in [-0.05, 0) is 79.9 Å². The lowest BCUT2D eigenvalue weighted by molar-refractivity contribution is 0.122. The van der Waals surface area contributed by atoms with Crippen LogP contribution in [0, 0.1) is 13.8 Å². The number of nitrogens with zero attached hydrogens (tertiary/aromatic N) is 2. The third-order valence-corrected chi connectivity index (χ3v) is 6.13. The summed E-state index contributed by atoms with van der Waals surface area (Å²) < 4.78 is 5.44. The van der Waals surface area contributed by atoms with Gasteiger partial charge in [-0.15, -0.1) is 0 Å². The second-order valence-electron chi connectivity index (χ2n) is 8.27. The summed E-state index contributed by atoms with van der Waals surface area (Å²) in [5, 5.41) is 8.12. The number of H-pyrrole nitrogens is 1. The largest absolute Gasteiger partial charge is 0.378 e. The number of pyridine rings is 2. The van der Waals surface area contributed by atoms with Crippen molar-refractivity contribution < 1.29 is 4.74 Å². The van der Waals surface area contributed by atoms with Crippen LogP contribution in [0.5, 0.6) is 0 Å². The average Bonchev–Trinajstić information content (AvgIpc) is 2.89. The van der Waals surface area contributed by atoms with Crippen LogP contribution in [-0.2, 0) is 4.74 Å².